The summed E-state index contributed by atoms with van der Waals surface area (Å²) >= 11 is 12.0. The fraction of sp³-hybridized carbons (Fsp3) is 0.138. The SMILES string of the molecule is COc1ccc(NC(=O)C(=O)N/N=C/c2ccc(CN(Cc3ccc(C)cc3)S(=O)(=O)c3ccc(Cl)cc3)o2)cc1Cl. The molecule has 2 N–H and O–H groups in total. The number of hydrazone groups is 1. The molecule has 42 heavy (non-hydrogen) atoms. The average molecular weight is 630 g/mol. The summed E-state index contributed by atoms with van der Waals surface area (Å²) in [6.07, 6.45) is 1.19. The van der Waals surface area contributed by atoms with Crippen LogP contribution in [0.1, 0.15) is 22.6 Å². The Balaban J connectivity index is 1.42. The highest BCUT2D eigenvalue weighted by molar-refractivity contribution is 7.89. The van der Waals surface area contributed by atoms with E-state index in [1.807, 2.05) is 31.2 Å². The Hall–Kier alpha value is -4.16. The molecule has 0 bridgehead atoms. The third kappa shape index (κ3) is 7.98. The second-order valence-electron chi connectivity index (χ2n) is 9.02. The molecular weight excluding hydrogens is 603 g/mol. The number of carbonyl (C=O) groups is 2. The van der Waals surface area contributed by atoms with Gasteiger partial charge in [-0.15, -0.1) is 0 Å². The fourth-order valence-electron chi connectivity index (χ4n) is 3.74. The molecule has 0 radical (unpaired) electrons. The number of nitrogens with zero attached hydrogens (tertiary/aromatic N) is 2. The molecule has 10 nitrogen and oxygen atoms in total. The molecule has 0 unspecified atom stereocenters. The number of aryl methyl sites for hydroxylation is 1. The minimum atomic E-state index is -3.92. The highest BCUT2D eigenvalue weighted by Gasteiger charge is 2.26. The number of methoxy groups -OCH3 is 1. The molecule has 0 fully saturated rings. The first kappa shape index (κ1) is 30.8. The van der Waals surface area contributed by atoms with Crippen molar-refractivity contribution >= 4 is 56.9 Å². The Morgan fingerprint density at radius 1 is 0.952 bits per heavy atom. The van der Waals surface area contributed by atoms with Gasteiger partial charge in [-0.3, -0.25) is 9.59 Å². The third-order valence-corrected chi connectivity index (χ3v) is 8.27. The molecule has 0 aliphatic carbocycles. The van der Waals surface area contributed by atoms with Crippen LogP contribution in [0.4, 0.5) is 5.69 Å². The molecule has 3 aromatic carbocycles. The van der Waals surface area contributed by atoms with Crippen LogP contribution in [-0.4, -0.2) is 37.9 Å². The summed E-state index contributed by atoms with van der Waals surface area (Å²) in [5, 5.41) is 6.84. The number of ether oxygens (including phenoxy) is 1. The van der Waals surface area contributed by atoms with E-state index in [1.165, 1.54) is 54.0 Å². The molecule has 4 aromatic rings. The van der Waals surface area contributed by atoms with Gasteiger partial charge in [0, 0.05) is 17.3 Å². The number of carbonyl (C=O) groups excluding carboxylic acids is 2. The molecule has 4 rings (SSSR count). The number of benzene rings is 3. The predicted octanol–water partition coefficient (Wildman–Crippen LogP) is 5.38. The van der Waals surface area contributed by atoms with Crippen LogP contribution >= 0.6 is 23.2 Å². The van der Waals surface area contributed by atoms with E-state index in [1.54, 1.807) is 18.2 Å². The van der Waals surface area contributed by atoms with Gasteiger partial charge >= 0.3 is 11.8 Å². The topological polar surface area (TPSA) is 130 Å². The van der Waals surface area contributed by atoms with Gasteiger partial charge in [0.05, 0.1) is 29.8 Å². The molecule has 0 saturated carbocycles. The first-order valence-electron chi connectivity index (χ1n) is 12.4. The molecule has 218 valence electrons. The van der Waals surface area contributed by atoms with Crippen molar-refractivity contribution in [2.24, 2.45) is 5.10 Å². The number of sulfonamides is 1. The van der Waals surface area contributed by atoms with Gasteiger partial charge in [-0.1, -0.05) is 53.0 Å². The predicted molar refractivity (Wildman–Crippen MR) is 160 cm³/mol. The van der Waals surface area contributed by atoms with Gasteiger partial charge in [0.2, 0.25) is 10.0 Å². The molecule has 0 atom stereocenters. The van der Waals surface area contributed by atoms with Gasteiger partial charge in [-0.25, -0.2) is 13.8 Å². The standard InChI is InChI=1S/C29H26Cl2N4O6S/c1-19-3-5-20(6-4-19)17-35(42(38,39)25-12-7-21(30)8-13-25)18-24-11-10-23(41-24)16-32-34-29(37)28(36)33-22-9-14-27(40-2)26(31)15-22/h3-16H,17-18H2,1-2H3,(H,33,36)(H,34,37)/b32-16+. The summed E-state index contributed by atoms with van der Waals surface area (Å²) in [7, 11) is -2.47. The lowest BCUT2D eigenvalue weighted by Gasteiger charge is -2.21. The van der Waals surface area contributed by atoms with E-state index in [-0.39, 0.29) is 28.8 Å². The van der Waals surface area contributed by atoms with E-state index in [9.17, 15) is 18.0 Å². The number of rotatable bonds is 10. The van der Waals surface area contributed by atoms with Gasteiger partial charge in [0.15, 0.2) is 0 Å². The summed E-state index contributed by atoms with van der Waals surface area (Å²) < 4.78 is 39.2. The highest BCUT2D eigenvalue weighted by Crippen LogP contribution is 2.27. The summed E-state index contributed by atoms with van der Waals surface area (Å²) in [5.74, 6) is -1.01. The number of hydrogen-bond acceptors (Lipinski definition) is 7. The van der Waals surface area contributed by atoms with Crippen LogP contribution in [0.25, 0.3) is 0 Å². The van der Waals surface area contributed by atoms with Gasteiger partial charge in [-0.05, 0) is 67.1 Å². The first-order valence-corrected chi connectivity index (χ1v) is 14.6. The van der Waals surface area contributed by atoms with Crippen molar-refractivity contribution in [2.45, 2.75) is 24.9 Å². The number of anilines is 1. The molecule has 0 saturated heterocycles. The molecule has 0 spiro atoms. The number of hydrogen-bond donors (Lipinski definition) is 2. The zero-order chi connectivity index (χ0) is 30.3. The first-order chi connectivity index (χ1) is 20.0. The molecule has 2 amide bonds. The largest absolute Gasteiger partial charge is 0.495 e. The molecule has 1 aromatic heterocycles. The Morgan fingerprint density at radius 3 is 2.33 bits per heavy atom. The van der Waals surface area contributed by atoms with E-state index in [4.69, 9.17) is 32.4 Å². The van der Waals surface area contributed by atoms with Crippen molar-refractivity contribution in [2.75, 3.05) is 12.4 Å². The van der Waals surface area contributed by atoms with E-state index >= 15 is 0 Å². The minimum absolute atomic E-state index is 0.0775. The Labute approximate surface area is 252 Å². The maximum atomic E-state index is 13.5. The van der Waals surface area contributed by atoms with Crippen LogP contribution < -0.4 is 15.5 Å². The van der Waals surface area contributed by atoms with Crippen molar-refractivity contribution in [1.82, 2.24) is 9.73 Å². The van der Waals surface area contributed by atoms with E-state index in [0.717, 1.165) is 11.1 Å². The molecule has 1 heterocycles. The number of halogens is 2. The van der Waals surface area contributed by atoms with Crippen LogP contribution in [0, 0.1) is 6.92 Å². The second-order valence-corrected chi connectivity index (χ2v) is 11.8. The van der Waals surface area contributed by atoms with Gasteiger partial charge in [0.1, 0.15) is 17.3 Å². The van der Waals surface area contributed by atoms with E-state index in [0.29, 0.717) is 22.2 Å². The van der Waals surface area contributed by atoms with Crippen molar-refractivity contribution in [3.8, 4) is 5.75 Å². The zero-order valence-corrected chi connectivity index (χ0v) is 24.8. The summed E-state index contributed by atoms with van der Waals surface area (Å²) in [5.41, 5.74) is 4.25. The molecule has 0 aliphatic rings. The quantitative estimate of drug-likeness (QED) is 0.138. The normalized spacial score (nSPS) is 11.5. The van der Waals surface area contributed by atoms with Crippen molar-refractivity contribution in [3.63, 3.8) is 0 Å². The van der Waals surface area contributed by atoms with Gasteiger partial charge in [-0.2, -0.15) is 9.41 Å². The lowest BCUT2D eigenvalue weighted by Crippen LogP contribution is -2.32. The molecular formula is C29H26Cl2N4O6S. The summed E-state index contributed by atoms with van der Waals surface area (Å²) in [6, 6.07) is 21.1. The lowest BCUT2D eigenvalue weighted by atomic mass is 10.1. The van der Waals surface area contributed by atoms with Crippen LogP contribution in [0.15, 0.2) is 93.3 Å². The van der Waals surface area contributed by atoms with Gasteiger partial charge in [0.25, 0.3) is 0 Å². The fourth-order valence-corrected chi connectivity index (χ4v) is 5.52. The van der Waals surface area contributed by atoms with Crippen LogP contribution in [0.2, 0.25) is 10.0 Å². The van der Waals surface area contributed by atoms with E-state index < -0.39 is 21.8 Å². The monoisotopic (exact) mass is 628 g/mol. The summed E-state index contributed by atoms with van der Waals surface area (Å²) in [4.78, 5) is 24.4. The number of amides is 2. The van der Waals surface area contributed by atoms with Crippen molar-refractivity contribution in [1.29, 1.82) is 0 Å². The molecule has 13 heteroatoms. The average Bonchev–Trinajstić information content (AvgIpc) is 3.41. The second kappa shape index (κ2) is 13.7. The van der Waals surface area contributed by atoms with Crippen molar-refractivity contribution < 1.29 is 27.2 Å². The maximum Gasteiger partial charge on any atom is 0.329 e. The maximum absolute atomic E-state index is 13.5. The number of furan rings is 1. The van der Waals surface area contributed by atoms with Crippen LogP contribution in [0.5, 0.6) is 5.75 Å². The zero-order valence-electron chi connectivity index (χ0n) is 22.5. The Kier molecular flexibility index (Phi) is 10.0. The third-order valence-electron chi connectivity index (χ3n) is 5.92. The lowest BCUT2D eigenvalue weighted by molar-refractivity contribution is -0.136. The Bertz CT molecular complexity index is 1700. The summed E-state index contributed by atoms with van der Waals surface area (Å²) in [6.45, 7) is 1.97. The minimum Gasteiger partial charge on any atom is -0.495 e. The highest BCUT2D eigenvalue weighted by atomic mass is 35.5. The van der Waals surface area contributed by atoms with Gasteiger partial charge < -0.3 is 14.5 Å². The Morgan fingerprint density at radius 2 is 1.67 bits per heavy atom. The smallest absolute Gasteiger partial charge is 0.329 e. The van der Waals surface area contributed by atoms with Crippen LogP contribution in [-0.2, 0) is 32.7 Å². The van der Waals surface area contributed by atoms with Crippen LogP contribution in [0.3, 0.4) is 0 Å². The van der Waals surface area contributed by atoms with Crippen molar-refractivity contribution in [3.05, 3.63) is 112 Å². The number of nitrogens with one attached hydrogen (secondary N) is 2. The van der Waals surface area contributed by atoms with E-state index in [2.05, 4.69) is 15.8 Å². The molecule has 0 aliphatic heterocycles.